The van der Waals surface area contributed by atoms with Gasteiger partial charge in [0.2, 0.25) is 0 Å². The quantitative estimate of drug-likeness (QED) is 0.0602. The molecule has 0 fully saturated rings. The van der Waals surface area contributed by atoms with Gasteiger partial charge in [-0.05, 0) is 142 Å². The van der Waals surface area contributed by atoms with Crippen molar-refractivity contribution in [2.45, 2.75) is 92.9 Å². The maximum atomic E-state index is 4.41. The molecule has 506 valence electrons. The molecule has 0 N–H and O–H groups in total. The zero-order valence-electron chi connectivity index (χ0n) is 56.4. The Hall–Kier alpha value is -8.66. The number of hydrogen-bond donors (Lipinski definition) is 0. The number of anilines is 10. The second kappa shape index (κ2) is 34.3. The first-order valence-electron chi connectivity index (χ1n) is 32.4. The number of unbranched alkanes of at least 4 members (excludes halogenated alkanes) is 2. The molecule has 2 aromatic heterocycles. The number of para-hydroxylation sites is 4. The summed E-state index contributed by atoms with van der Waals surface area (Å²) in [5.74, 6) is 4.42. The van der Waals surface area contributed by atoms with Crippen LogP contribution in [-0.2, 0) is 40.2 Å². The number of nitrogens with zero attached hydrogens (tertiary/aromatic N) is 16. The first-order valence-corrected chi connectivity index (χ1v) is 32.4. The van der Waals surface area contributed by atoms with E-state index < -0.39 is 0 Å². The maximum Gasteiger partial charge on any atom is 0.143 e. The van der Waals surface area contributed by atoms with Crippen LogP contribution in [0.5, 0.6) is 0 Å². The molecule has 0 spiro atoms. The van der Waals surface area contributed by atoms with Gasteiger partial charge in [0, 0.05) is 76.4 Å². The van der Waals surface area contributed by atoms with Gasteiger partial charge in [-0.2, -0.15) is 196 Å². The van der Waals surface area contributed by atoms with Crippen LogP contribution in [-0.4, -0.2) is 79.8 Å². The fraction of sp³-hybridized carbons (Fsp3) is 0.256. The van der Waals surface area contributed by atoms with Gasteiger partial charge in [-0.1, -0.05) is 27.7 Å². The first kappa shape index (κ1) is 71.6. The zero-order valence-corrected chi connectivity index (χ0v) is 61.2. The summed E-state index contributed by atoms with van der Waals surface area (Å²) in [7, 11) is 3.94. The Morgan fingerprint density at radius 3 is 1.05 bits per heavy atom. The molecule has 96 heavy (non-hydrogen) atoms. The van der Waals surface area contributed by atoms with Gasteiger partial charge in [0.05, 0.1) is 0 Å². The number of benzene rings is 6. The van der Waals surface area contributed by atoms with E-state index in [1.54, 1.807) is 24.8 Å². The monoisotopic (exact) mass is 1630 g/mol. The largest absolute Gasteiger partial charge is 0.508 e. The van der Waals surface area contributed by atoms with E-state index in [9.17, 15) is 0 Å². The number of allylic oxidation sites excluding steroid dienone is 4. The van der Waals surface area contributed by atoms with Gasteiger partial charge in [0.25, 0.3) is 0 Å². The molecule has 16 nitrogen and oxygen atoms in total. The van der Waals surface area contributed by atoms with Gasteiger partial charge in [-0.15, -0.1) is 59.6 Å². The summed E-state index contributed by atoms with van der Waals surface area (Å²) in [6, 6.07) is 64.4. The van der Waals surface area contributed by atoms with Crippen LogP contribution < -0.4 is 39.2 Å². The van der Waals surface area contributed by atoms with Crippen molar-refractivity contribution in [3.63, 3.8) is 0 Å². The van der Waals surface area contributed by atoms with Crippen LogP contribution in [0.25, 0.3) is 0 Å². The van der Waals surface area contributed by atoms with Crippen LogP contribution in [0.2, 0.25) is 0 Å². The SMILES string of the molecule is CC(C)c1cc[c-]c(N2[CH-]N(C)c3nccnc32)c1.CC(C)c1cc[c-]c(N2[CH-]N(C)c3nccnc32)c1.CC1=C(C)N(c2[c-]cccc2)[CH-]N1CCCCN1[CH-]N(c2[c-]cccc2)C(C)=C1C.[Ir].[Ir].[c-]1ccccc1N1C=CN(CCCCN2C=CN(c3[c-]cccc3)[CH-]2)[CH-]1. The van der Waals surface area contributed by atoms with Crippen LogP contribution in [0.15, 0.2) is 206 Å². The van der Waals surface area contributed by atoms with Gasteiger partial charge in [-0.3, -0.25) is 0 Å². The van der Waals surface area contributed by atoms with E-state index in [4.69, 9.17) is 0 Å². The minimum absolute atomic E-state index is 0. The molecule has 0 aliphatic carbocycles. The fourth-order valence-corrected chi connectivity index (χ4v) is 11.3. The van der Waals surface area contributed by atoms with Crippen molar-refractivity contribution >= 4 is 57.4 Å². The Bertz CT molecular complexity index is 3600. The Balaban J connectivity index is 0.000000152. The third-order valence-corrected chi connectivity index (χ3v) is 17.0. The molecule has 0 unspecified atom stereocenters. The smallest absolute Gasteiger partial charge is 0.143 e. The van der Waals surface area contributed by atoms with Crippen LogP contribution in [0.4, 0.5) is 57.4 Å². The van der Waals surface area contributed by atoms with Crippen molar-refractivity contribution in [1.82, 2.24) is 39.5 Å². The molecule has 0 saturated heterocycles. The topological polar surface area (TPSA) is 90.4 Å². The van der Waals surface area contributed by atoms with Crippen molar-refractivity contribution < 1.29 is 40.2 Å². The molecule has 8 heterocycles. The maximum absolute atomic E-state index is 4.41. The van der Waals surface area contributed by atoms with Gasteiger partial charge >= 0.3 is 0 Å². The summed E-state index contributed by atoms with van der Waals surface area (Å²) in [5, 5.41) is 0. The molecular formula is C78H84Ir2N16-12. The Morgan fingerprint density at radius 2 is 0.698 bits per heavy atom. The standard InChI is InChI=1S/C26H30N4.C22H22N4.2C15H16N4.2Ir/c1-21-23(3)29(25-13-7-5-8-14-25)19-27(21)17-11-12-18-28-20-30(24(4)22(28)2)26-15-9-6-10-16-26;1-3-9-21(10-4-1)25-17-15-23(19-25)13-7-8-14-24-16-18-26(20-24)22-11-5-2-6-12-22;2*1-11(2)12-5-4-6-13(9-12)19-10-18(3)14-15(19)17-8-7-16-14;;/h5-10,13,15,19-20H,11-12,17-18H2,1-4H3;1-6,9,11,15-20H,7-8,13-14H2;2*4-5,7-11H,1-3H3;;/q2*-4;2*-2;;. The number of fused-ring (bicyclic) bond motifs is 2. The van der Waals surface area contributed by atoms with E-state index in [-0.39, 0.29) is 40.2 Å². The molecule has 18 heteroatoms. The van der Waals surface area contributed by atoms with E-state index in [1.807, 2.05) is 120 Å². The molecular weight excluding hydrogens is 1550 g/mol. The van der Waals surface area contributed by atoms with Crippen molar-refractivity contribution in [3.8, 4) is 0 Å². The van der Waals surface area contributed by atoms with Crippen LogP contribution in [0.3, 0.4) is 0 Å². The van der Waals surface area contributed by atoms with Crippen LogP contribution in [0.1, 0.15) is 104 Å². The molecule has 8 aromatic rings. The van der Waals surface area contributed by atoms with Gasteiger partial charge in [-0.25, -0.2) is 19.9 Å². The van der Waals surface area contributed by atoms with E-state index in [0.717, 1.165) is 109 Å². The second-order valence-corrected chi connectivity index (χ2v) is 24.1. The summed E-state index contributed by atoms with van der Waals surface area (Å²) in [6.45, 7) is 34.2. The van der Waals surface area contributed by atoms with Crippen molar-refractivity contribution in [1.29, 1.82) is 0 Å². The third kappa shape index (κ3) is 17.7. The molecule has 6 aliphatic heterocycles. The summed E-state index contributed by atoms with van der Waals surface area (Å²) >= 11 is 0. The summed E-state index contributed by atoms with van der Waals surface area (Å²) in [5.41, 5.74) is 14.1. The zero-order chi connectivity index (χ0) is 65.5. The molecule has 2 radical (unpaired) electrons. The van der Waals surface area contributed by atoms with Gasteiger partial charge < -0.3 is 58.8 Å². The summed E-state index contributed by atoms with van der Waals surface area (Å²) < 4.78 is 0. The molecule has 0 amide bonds. The minimum atomic E-state index is 0. The average molecular weight is 1630 g/mol. The normalized spacial score (nSPS) is 15.3. The summed E-state index contributed by atoms with van der Waals surface area (Å²) in [4.78, 5) is 43.4. The van der Waals surface area contributed by atoms with E-state index in [1.165, 1.54) is 33.9 Å². The Labute approximate surface area is 598 Å². The molecule has 6 aliphatic rings. The number of hydrogen-bond acceptors (Lipinski definition) is 16. The van der Waals surface area contributed by atoms with Crippen molar-refractivity contribution in [2.24, 2.45) is 0 Å². The minimum Gasteiger partial charge on any atom is -0.508 e. The second-order valence-electron chi connectivity index (χ2n) is 24.1. The molecule has 0 atom stereocenters. The van der Waals surface area contributed by atoms with Gasteiger partial charge in [0.1, 0.15) is 23.3 Å². The molecule has 14 rings (SSSR count). The molecule has 0 saturated carbocycles. The van der Waals surface area contributed by atoms with Gasteiger partial charge in [0.15, 0.2) is 0 Å². The van der Waals surface area contributed by atoms with E-state index >= 15 is 0 Å². The first-order chi connectivity index (χ1) is 45.8. The molecule has 0 bridgehead atoms. The van der Waals surface area contributed by atoms with Crippen LogP contribution in [0, 0.1) is 76.4 Å². The molecule has 6 aromatic carbocycles. The van der Waals surface area contributed by atoms with E-state index in [2.05, 4.69) is 263 Å². The third-order valence-electron chi connectivity index (χ3n) is 17.0. The average Bonchev–Trinajstić information content (AvgIpc) is 1.65. The Morgan fingerprint density at radius 1 is 0.354 bits per heavy atom. The van der Waals surface area contributed by atoms with E-state index in [0.29, 0.717) is 11.8 Å². The van der Waals surface area contributed by atoms with Crippen molar-refractivity contribution in [2.75, 3.05) is 79.5 Å². The predicted octanol–water partition coefficient (Wildman–Crippen LogP) is 16.2. The number of aromatic nitrogens is 4. The number of rotatable bonds is 18. The predicted molar refractivity (Wildman–Crippen MR) is 381 cm³/mol. The fourth-order valence-electron chi connectivity index (χ4n) is 11.3. The van der Waals surface area contributed by atoms with Crippen LogP contribution >= 0.6 is 0 Å². The van der Waals surface area contributed by atoms with Crippen molar-refractivity contribution in [3.05, 3.63) is 293 Å². The summed E-state index contributed by atoms with van der Waals surface area (Å²) in [6.07, 6.45) is 19.8. The Kier molecular flexibility index (Phi) is 25.6.